The molecule has 0 aliphatic rings. The second kappa shape index (κ2) is 9.13. The summed E-state index contributed by atoms with van der Waals surface area (Å²) in [5.41, 5.74) is 0.0887. The molecule has 0 radical (unpaired) electrons. The fraction of sp³-hybridized carbons (Fsp3) is 0.235. The predicted octanol–water partition coefficient (Wildman–Crippen LogP) is 4.14. The third kappa shape index (κ3) is 5.78. The molecule has 0 heterocycles. The van der Waals surface area contributed by atoms with E-state index in [4.69, 9.17) is 21.1 Å². The molecule has 10 heteroatoms. The summed E-state index contributed by atoms with van der Waals surface area (Å²) in [7, 11) is 1.19. The first-order valence-electron chi connectivity index (χ1n) is 7.50. The molecule has 0 aliphatic carbocycles. The highest BCUT2D eigenvalue weighted by molar-refractivity contribution is 6.30. The molecule has 0 saturated heterocycles. The van der Waals surface area contributed by atoms with Gasteiger partial charge in [-0.3, -0.25) is 14.9 Å². The summed E-state index contributed by atoms with van der Waals surface area (Å²) in [6.45, 7) is -3.62. The molecule has 0 fully saturated rings. The van der Waals surface area contributed by atoms with Gasteiger partial charge < -0.3 is 14.2 Å². The van der Waals surface area contributed by atoms with Crippen LogP contribution in [0.4, 0.5) is 14.5 Å². The topological polar surface area (TPSA) is 87.9 Å². The van der Waals surface area contributed by atoms with Gasteiger partial charge in [-0.2, -0.15) is 8.78 Å². The van der Waals surface area contributed by atoms with E-state index in [1.165, 1.54) is 7.11 Å². The third-order valence-electron chi connectivity index (χ3n) is 3.43. The van der Waals surface area contributed by atoms with Crippen LogP contribution in [0.5, 0.6) is 11.5 Å². The number of nitrogens with zero attached hydrogens (tertiary/aromatic N) is 1. The number of ether oxygens (including phenoxy) is 3. The van der Waals surface area contributed by atoms with Gasteiger partial charge in [0.2, 0.25) is 0 Å². The number of benzene rings is 2. The van der Waals surface area contributed by atoms with Gasteiger partial charge in [0, 0.05) is 5.02 Å². The highest BCUT2D eigenvalue weighted by Crippen LogP contribution is 2.36. The smallest absolute Gasteiger partial charge is 0.387 e. The van der Waals surface area contributed by atoms with Gasteiger partial charge in [0.25, 0.3) is 5.69 Å². The Morgan fingerprint density at radius 1 is 1.22 bits per heavy atom. The van der Waals surface area contributed by atoms with E-state index in [0.717, 1.165) is 12.1 Å². The largest absolute Gasteiger partial charge is 0.493 e. The van der Waals surface area contributed by atoms with Crippen LogP contribution in [0.25, 0.3) is 0 Å². The number of hydrogen-bond donors (Lipinski definition) is 0. The molecule has 0 bridgehead atoms. The number of carbonyl (C=O) groups is 1. The quantitative estimate of drug-likeness (QED) is 0.375. The Kier molecular flexibility index (Phi) is 6.89. The van der Waals surface area contributed by atoms with Gasteiger partial charge in [-0.25, -0.2) is 0 Å². The van der Waals surface area contributed by atoms with Crippen molar-refractivity contribution in [2.45, 2.75) is 19.6 Å². The van der Waals surface area contributed by atoms with E-state index in [1.807, 2.05) is 0 Å². The summed E-state index contributed by atoms with van der Waals surface area (Å²) in [6.07, 6.45) is -0.0608. The summed E-state index contributed by atoms with van der Waals surface area (Å²) >= 11 is 5.76. The lowest BCUT2D eigenvalue weighted by Crippen LogP contribution is -2.10. The van der Waals surface area contributed by atoms with E-state index in [2.05, 4.69) is 4.74 Å². The van der Waals surface area contributed by atoms with Crippen LogP contribution in [0.1, 0.15) is 11.1 Å². The summed E-state index contributed by atoms with van der Waals surface area (Å²) in [5, 5.41) is 11.7. The first-order valence-corrected chi connectivity index (χ1v) is 7.88. The molecular weight excluding hydrogens is 388 g/mol. The Hall–Kier alpha value is -2.94. The Bertz CT molecular complexity index is 829. The molecule has 144 valence electrons. The maximum absolute atomic E-state index is 12.4. The fourth-order valence-electron chi connectivity index (χ4n) is 2.20. The van der Waals surface area contributed by atoms with Crippen LogP contribution in [0.3, 0.4) is 0 Å². The van der Waals surface area contributed by atoms with Gasteiger partial charge in [0.1, 0.15) is 6.61 Å². The number of methoxy groups -OCH3 is 1. The molecule has 0 atom stereocenters. The molecule has 0 unspecified atom stereocenters. The molecule has 2 rings (SSSR count). The van der Waals surface area contributed by atoms with Crippen molar-refractivity contribution in [1.29, 1.82) is 0 Å². The van der Waals surface area contributed by atoms with E-state index >= 15 is 0 Å². The highest BCUT2D eigenvalue weighted by Gasteiger charge is 2.22. The summed E-state index contributed by atoms with van der Waals surface area (Å²) in [4.78, 5) is 22.3. The fourth-order valence-corrected chi connectivity index (χ4v) is 2.33. The lowest BCUT2D eigenvalue weighted by atomic mass is 10.1. The number of rotatable bonds is 8. The van der Waals surface area contributed by atoms with Crippen molar-refractivity contribution >= 4 is 23.3 Å². The van der Waals surface area contributed by atoms with Crippen molar-refractivity contribution in [2.24, 2.45) is 0 Å². The van der Waals surface area contributed by atoms with Gasteiger partial charge in [-0.1, -0.05) is 23.7 Å². The molecule has 2 aromatic rings. The van der Waals surface area contributed by atoms with Crippen LogP contribution in [0.2, 0.25) is 5.02 Å². The van der Waals surface area contributed by atoms with Crippen LogP contribution in [-0.2, 0) is 22.6 Å². The van der Waals surface area contributed by atoms with Crippen molar-refractivity contribution in [2.75, 3.05) is 7.11 Å². The number of alkyl halides is 2. The minimum absolute atomic E-state index is 0.0251. The summed E-state index contributed by atoms with van der Waals surface area (Å²) < 4.78 is 39.0. The minimum Gasteiger partial charge on any atom is -0.493 e. The number of nitro benzene ring substituents is 1. The Morgan fingerprint density at radius 2 is 1.89 bits per heavy atom. The molecule has 0 aromatic heterocycles. The van der Waals surface area contributed by atoms with Gasteiger partial charge in [-0.05, 0) is 23.8 Å². The van der Waals surface area contributed by atoms with Gasteiger partial charge >= 0.3 is 12.6 Å². The lowest BCUT2D eigenvalue weighted by molar-refractivity contribution is -0.386. The SMILES string of the molecule is COc1cc(COC(=O)Cc2ccc(Cl)cc2)c([N+](=O)[O-])cc1OC(F)F. The first-order chi connectivity index (χ1) is 12.8. The lowest BCUT2D eigenvalue weighted by Gasteiger charge is -2.12. The van der Waals surface area contributed by atoms with Crippen LogP contribution in [0.15, 0.2) is 36.4 Å². The van der Waals surface area contributed by atoms with Crippen molar-refractivity contribution in [3.8, 4) is 11.5 Å². The maximum Gasteiger partial charge on any atom is 0.387 e. The van der Waals surface area contributed by atoms with E-state index in [1.54, 1.807) is 24.3 Å². The molecular formula is C17H14ClF2NO6. The Morgan fingerprint density at radius 3 is 2.44 bits per heavy atom. The van der Waals surface area contributed by atoms with Crippen LogP contribution in [-0.4, -0.2) is 24.6 Å². The monoisotopic (exact) mass is 401 g/mol. The van der Waals surface area contributed by atoms with E-state index in [0.29, 0.717) is 10.6 Å². The zero-order valence-electron chi connectivity index (χ0n) is 14.0. The standard InChI is InChI=1S/C17H14ClF2NO6/c1-25-14-7-11(13(21(23)24)8-15(14)27-17(19)20)9-26-16(22)6-10-2-4-12(18)5-3-10/h2-5,7-8,17H,6,9H2,1H3. The Labute approximate surface area is 157 Å². The molecule has 2 aromatic carbocycles. The molecule has 0 amide bonds. The zero-order valence-corrected chi connectivity index (χ0v) is 14.7. The van der Waals surface area contributed by atoms with Crippen LogP contribution < -0.4 is 9.47 Å². The van der Waals surface area contributed by atoms with Crippen molar-refractivity contribution in [3.05, 3.63) is 62.7 Å². The molecule has 0 spiro atoms. The summed E-state index contributed by atoms with van der Waals surface area (Å²) in [6, 6.07) is 8.43. The van der Waals surface area contributed by atoms with Crippen molar-refractivity contribution in [1.82, 2.24) is 0 Å². The number of halogens is 3. The Balaban J connectivity index is 2.15. The van der Waals surface area contributed by atoms with E-state index < -0.39 is 35.5 Å². The predicted molar refractivity (Wildman–Crippen MR) is 91.2 cm³/mol. The normalized spacial score (nSPS) is 10.6. The molecule has 27 heavy (non-hydrogen) atoms. The average molecular weight is 402 g/mol. The second-order valence-corrected chi connectivity index (χ2v) is 5.67. The van der Waals surface area contributed by atoms with E-state index in [9.17, 15) is 23.7 Å². The third-order valence-corrected chi connectivity index (χ3v) is 3.68. The van der Waals surface area contributed by atoms with Gasteiger partial charge in [-0.15, -0.1) is 0 Å². The van der Waals surface area contributed by atoms with Crippen molar-refractivity contribution in [3.63, 3.8) is 0 Å². The van der Waals surface area contributed by atoms with Gasteiger partial charge in [0.15, 0.2) is 11.5 Å². The minimum atomic E-state index is -3.18. The molecule has 0 N–H and O–H groups in total. The highest BCUT2D eigenvalue weighted by atomic mass is 35.5. The summed E-state index contributed by atoms with van der Waals surface area (Å²) in [5.74, 6) is -1.27. The molecule has 7 nitrogen and oxygen atoms in total. The van der Waals surface area contributed by atoms with Crippen LogP contribution >= 0.6 is 11.6 Å². The van der Waals surface area contributed by atoms with Crippen molar-refractivity contribution < 1.29 is 32.7 Å². The zero-order chi connectivity index (χ0) is 20.0. The van der Waals surface area contributed by atoms with Crippen LogP contribution in [0, 0.1) is 10.1 Å². The second-order valence-electron chi connectivity index (χ2n) is 5.23. The average Bonchev–Trinajstić information content (AvgIpc) is 2.61. The number of esters is 1. The number of nitro groups is 1. The maximum atomic E-state index is 12.4. The van der Waals surface area contributed by atoms with E-state index in [-0.39, 0.29) is 17.7 Å². The first kappa shape index (κ1) is 20.4. The molecule has 0 saturated carbocycles. The van der Waals surface area contributed by atoms with Gasteiger partial charge in [0.05, 0.1) is 30.1 Å². The number of carbonyl (C=O) groups excluding carboxylic acids is 1. The number of hydrogen-bond acceptors (Lipinski definition) is 6. The molecule has 0 aliphatic heterocycles.